The first-order valence-electron chi connectivity index (χ1n) is 2.15. The summed E-state index contributed by atoms with van der Waals surface area (Å²) < 4.78 is 0. The van der Waals surface area contributed by atoms with E-state index >= 15 is 0 Å². The third kappa shape index (κ3) is 2.40. The molecule has 0 fully saturated rings. The van der Waals surface area contributed by atoms with Gasteiger partial charge in [0.1, 0.15) is 0 Å². The molecular formula is C4H8BNO. The van der Waals surface area contributed by atoms with Gasteiger partial charge in [0.25, 0.3) is 0 Å². The highest BCUT2D eigenvalue weighted by molar-refractivity contribution is 6.59. The van der Waals surface area contributed by atoms with Gasteiger partial charge in [-0.3, -0.25) is 0 Å². The zero-order valence-electron chi connectivity index (χ0n) is 4.56. The Morgan fingerprint density at radius 2 is 2.29 bits per heavy atom. The van der Waals surface area contributed by atoms with Crippen molar-refractivity contribution >= 4 is 13.5 Å². The van der Waals surface area contributed by atoms with E-state index in [2.05, 4.69) is 5.32 Å². The lowest BCUT2D eigenvalue weighted by atomic mass is 9.97. The molecule has 2 radical (unpaired) electrons. The van der Waals surface area contributed by atoms with E-state index in [0.29, 0.717) is 0 Å². The van der Waals surface area contributed by atoms with Crippen molar-refractivity contribution in [3.63, 3.8) is 0 Å². The number of nitrogens with one attached hydrogen (secondary N) is 1. The number of likely N-dealkylation sites (N-methyl/N-ethyl adjacent to an activating group) is 1. The van der Waals surface area contributed by atoms with Crippen LogP contribution in [0.3, 0.4) is 0 Å². The van der Waals surface area contributed by atoms with Crippen LogP contribution in [-0.2, 0) is 4.79 Å². The summed E-state index contributed by atoms with van der Waals surface area (Å²) in [4.78, 5) is 10.1. The molecule has 0 saturated heterocycles. The Bertz CT molecular complexity index is 74.1. The lowest BCUT2D eigenvalue weighted by molar-refractivity contribution is -0.113. The molecule has 0 heterocycles. The Balaban J connectivity index is 3.34. The number of carbonyl (C=O) groups excluding carboxylic acids is 1. The van der Waals surface area contributed by atoms with Crippen molar-refractivity contribution in [3.8, 4) is 0 Å². The van der Waals surface area contributed by atoms with Crippen molar-refractivity contribution in [1.82, 2.24) is 5.32 Å². The van der Waals surface area contributed by atoms with Crippen LogP contribution in [-0.4, -0.2) is 26.6 Å². The largest absolute Gasteiger partial charge is 0.312 e. The van der Waals surface area contributed by atoms with Crippen LogP contribution >= 0.6 is 0 Å². The second kappa shape index (κ2) is 2.80. The summed E-state index contributed by atoms with van der Waals surface area (Å²) in [6.45, 7) is 1.71. The normalized spacial score (nSPS) is 13.4. The van der Waals surface area contributed by atoms with Gasteiger partial charge in [0.2, 0.25) is 0 Å². The summed E-state index contributed by atoms with van der Waals surface area (Å²) in [7, 11) is 6.53. The van der Waals surface area contributed by atoms with E-state index in [-0.39, 0.29) is 11.7 Å². The predicted molar refractivity (Wildman–Crippen MR) is 29.3 cm³/mol. The maximum atomic E-state index is 10.1. The van der Waals surface area contributed by atoms with Crippen molar-refractivity contribution in [3.05, 3.63) is 0 Å². The van der Waals surface area contributed by atoms with E-state index in [4.69, 9.17) is 7.85 Å². The monoisotopic (exact) mass is 97.1 g/mol. The molecule has 7 heavy (non-hydrogen) atoms. The third-order valence-corrected chi connectivity index (χ3v) is 0.860. The molecule has 1 N–H and O–H groups in total. The molecule has 38 valence electrons. The molecule has 0 aliphatic rings. The molecule has 0 aliphatic carbocycles. The van der Waals surface area contributed by atoms with Gasteiger partial charge in [0.05, 0.1) is 11.7 Å². The fraction of sp³-hybridized carbons (Fsp3) is 0.750. The smallest absolute Gasteiger partial charge is 0.170 e. The standard InChI is InChI=1S/C4H8BNO/c1-3(6-2)4(5)7/h3,6H,1-2H3. The lowest BCUT2D eigenvalue weighted by Crippen LogP contribution is -2.30. The Labute approximate surface area is 44.7 Å². The lowest BCUT2D eigenvalue weighted by Gasteiger charge is -2.02. The molecular weight excluding hydrogens is 88.9 g/mol. The van der Waals surface area contributed by atoms with E-state index in [1.165, 1.54) is 0 Å². The first kappa shape index (κ1) is 6.69. The maximum Gasteiger partial charge on any atom is 0.170 e. The van der Waals surface area contributed by atoms with Gasteiger partial charge >= 0.3 is 0 Å². The summed E-state index contributed by atoms with van der Waals surface area (Å²) >= 11 is 0. The van der Waals surface area contributed by atoms with Crippen LogP contribution < -0.4 is 5.32 Å². The van der Waals surface area contributed by atoms with Gasteiger partial charge in [-0.25, -0.2) is 0 Å². The molecule has 0 rings (SSSR count). The first-order chi connectivity index (χ1) is 3.18. The average Bonchev–Trinajstić information content (AvgIpc) is 1.65. The topological polar surface area (TPSA) is 29.1 Å². The summed E-state index contributed by atoms with van der Waals surface area (Å²) in [6, 6.07) is -0.208. The van der Waals surface area contributed by atoms with Gasteiger partial charge < -0.3 is 10.1 Å². The molecule has 0 amide bonds. The Hall–Kier alpha value is -0.305. The van der Waals surface area contributed by atoms with E-state index in [1.807, 2.05) is 0 Å². The Morgan fingerprint density at radius 1 is 1.86 bits per heavy atom. The van der Waals surface area contributed by atoms with Crippen LogP contribution in [0.4, 0.5) is 0 Å². The molecule has 0 aromatic carbocycles. The molecule has 0 saturated carbocycles. The fourth-order valence-electron chi connectivity index (χ4n) is 0.142. The molecule has 0 aromatic rings. The molecule has 3 heteroatoms. The number of rotatable bonds is 2. The van der Waals surface area contributed by atoms with Crippen molar-refractivity contribution in [2.24, 2.45) is 0 Å². The zero-order valence-corrected chi connectivity index (χ0v) is 4.56. The summed E-state index contributed by atoms with van der Waals surface area (Å²) in [5.74, 6) is 0. The van der Waals surface area contributed by atoms with Gasteiger partial charge in [-0.15, -0.1) is 0 Å². The van der Waals surface area contributed by atoms with E-state index in [1.54, 1.807) is 14.0 Å². The van der Waals surface area contributed by atoms with Crippen molar-refractivity contribution in [2.45, 2.75) is 13.0 Å². The number of hydrogen-bond acceptors (Lipinski definition) is 2. The van der Waals surface area contributed by atoms with E-state index < -0.39 is 0 Å². The number of carbonyl (C=O) groups is 1. The minimum atomic E-state index is -0.317. The van der Waals surface area contributed by atoms with Gasteiger partial charge in [-0.2, -0.15) is 0 Å². The third-order valence-electron chi connectivity index (χ3n) is 0.860. The fourth-order valence-corrected chi connectivity index (χ4v) is 0.142. The predicted octanol–water partition coefficient (Wildman–Crippen LogP) is -0.711. The molecule has 1 atom stereocenters. The molecule has 0 aliphatic heterocycles. The highest BCUT2D eigenvalue weighted by Gasteiger charge is 1.99. The highest BCUT2D eigenvalue weighted by Crippen LogP contribution is 1.73. The van der Waals surface area contributed by atoms with Gasteiger partial charge in [-0.05, 0) is 14.0 Å². The second-order valence-corrected chi connectivity index (χ2v) is 1.41. The van der Waals surface area contributed by atoms with Crippen LogP contribution in [0.1, 0.15) is 6.92 Å². The van der Waals surface area contributed by atoms with Crippen LogP contribution in [0.15, 0.2) is 0 Å². The quantitative estimate of drug-likeness (QED) is 0.461. The van der Waals surface area contributed by atoms with Crippen LogP contribution in [0.5, 0.6) is 0 Å². The molecule has 1 unspecified atom stereocenters. The van der Waals surface area contributed by atoms with Crippen LogP contribution in [0, 0.1) is 0 Å². The molecule has 2 nitrogen and oxygen atoms in total. The van der Waals surface area contributed by atoms with Gasteiger partial charge in [0, 0.05) is 0 Å². The minimum Gasteiger partial charge on any atom is -0.312 e. The Morgan fingerprint density at radius 3 is 2.29 bits per heavy atom. The Kier molecular flexibility index (Phi) is 2.68. The first-order valence-corrected chi connectivity index (χ1v) is 2.15. The minimum absolute atomic E-state index is 0.208. The average molecular weight is 96.9 g/mol. The summed E-state index contributed by atoms with van der Waals surface area (Å²) in [6.07, 6.45) is 0. The molecule has 0 aromatic heterocycles. The zero-order chi connectivity index (χ0) is 5.86. The molecule has 0 bridgehead atoms. The van der Waals surface area contributed by atoms with Crippen LogP contribution in [0.25, 0.3) is 0 Å². The van der Waals surface area contributed by atoms with Crippen molar-refractivity contribution in [1.29, 1.82) is 0 Å². The molecule has 0 spiro atoms. The maximum absolute atomic E-state index is 10.1. The van der Waals surface area contributed by atoms with Crippen molar-refractivity contribution in [2.75, 3.05) is 7.05 Å². The van der Waals surface area contributed by atoms with E-state index in [0.717, 1.165) is 0 Å². The van der Waals surface area contributed by atoms with Gasteiger partial charge in [0.15, 0.2) is 7.85 Å². The van der Waals surface area contributed by atoms with Crippen molar-refractivity contribution < 1.29 is 4.79 Å². The summed E-state index contributed by atoms with van der Waals surface area (Å²) in [5.41, 5.74) is -0.317. The highest BCUT2D eigenvalue weighted by atomic mass is 16.1. The number of hydrogen-bond donors (Lipinski definition) is 1. The van der Waals surface area contributed by atoms with Crippen LogP contribution in [0.2, 0.25) is 0 Å². The summed E-state index contributed by atoms with van der Waals surface area (Å²) in [5, 5.41) is 2.69. The second-order valence-electron chi connectivity index (χ2n) is 1.41. The van der Waals surface area contributed by atoms with E-state index in [9.17, 15) is 4.79 Å². The van der Waals surface area contributed by atoms with Gasteiger partial charge in [-0.1, -0.05) is 0 Å². The SMILES string of the molecule is [B]C(=O)C(C)NC.